The van der Waals surface area contributed by atoms with E-state index in [0.717, 1.165) is 11.1 Å². The number of carbonyl (C=O) groups excluding carboxylic acids is 1. The van der Waals surface area contributed by atoms with Crippen LogP contribution >= 0.6 is 0 Å². The largest absolute Gasteiger partial charge is 0.322 e. The molecule has 7 heteroatoms. The summed E-state index contributed by atoms with van der Waals surface area (Å²) in [7, 11) is -3.76. The van der Waals surface area contributed by atoms with Gasteiger partial charge in [-0.05, 0) is 74.0 Å². The van der Waals surface area contributed by atoms with Gasteiger partial charge >= 0.3 is 0 Å². The van der Waals surface area contributed by atoms with Gasteiger partial charge in [0.1, 0.15) is 5.82 Å². The van der Waals surface area contributed by atoms with Gasteiger partial charge in [-0.25, -0.2) is 12.8 Å². The minimum Gasteiger partial charge on any atom is -0.322 e. The van der Waals surface area contributed by atoms with Gasteiger partial charge in [-0.15, -0.1) is 0 Å². The van der Waals surface area contributed by atoms with E-state index in [1.54, 1.807) is 6.07 Å². The molecule has 5 nitrogen and oxygen atoms in total. The average Bonchev–Trinajstić information content (AvgIpc) is 2.65. The van der Waals surface area contributed by atoms with Gasteiger partial charge < -0.3 is 5.32 Å². The monoisotopic (exact) mass is 398 g/mol. The van der Waals surface area contributed by atoms with Crippen molar-refractivity contribution in [1.82, 2.24) is 0 Å². The molecule has 3 rings (SSSR count). The van der Waals surface area contributed by atoms with Crippen LogP contribution in [-0.4, -0.2) is 14.3 Å². The lowest BCUT2D eigenvalue weighted by Gasteiger charge is -2.12. The Morgan fingerprint density at radius 2 is 1.54 bits per heavy atom. The van der Waals surface area contributed by atoms with Gasteiger partial charge in [0.05, 0.1) is 10.6 Å². The van der Waals surface area contributed by atoms with Gasteiger partial charge in [0.15, 0.2) is 0 Å². The Labute approximate surface area is 163 Å². The van der Waals surface area contributed by atoms with E-state index in [1.807, 2.05) is 26.0 Å². The highest BCUT2D eigenvalue weighted by Crippen LogP contribution is 2.22. The normalized spacial score (nSPS) is 11.1. The number of rotatable bonds is 5. The van der Waals surface area contributed by atoms with Crippen molar-refractivity contribution in [3.05, 3.63) is 89.2 Å². The van der Waals surface area contributed by atoms with Crippen LogP contribution in [0.1, 0.15) is 21.5 Å². The zero-order chi connectivity index (χ0) is 20.3. The summed E-state index contributed by atoms with van der Waals surface area (Å²) in [4.78, 5) is 12.2. The van der Waals surface area contributed by atoms with E-state index >= 15 is 0 Å². The molecule has 0 radical (unpaired) electrons. The molecule has 144 valence electrons. The molecule has 0 bridgehead atoms. The molecule has 0 spiro atoms. The molecule has 0 atom stereocenters. The molecule has 0 saturated carbocycles. The molecule has 0 heterocycles. The van der Waals surface area contributed by atoms with Crippen molar-refractivity contribution < 1.29 is 17.6 Å². The summed E-state index contributed by atoms with van der Waals surface area (Å²) in [6.45, 7) is 3.77. The first-order valence-corrected chi connectivity index (χ1v) is 10.00. The molecule has 3 aromatic carbocycles. The Balaban J connectivity index is 1.74. The van der Waals surface area contributed by atoms with E-state index in [9.17, 15) is 17.6 Å². The summed E-state index contributed by atoms with van der Waals surface area (Å²) in [5.74, 6) is -0.841. The standard InChI is InChI=1S/C21H19FN2O3S/c1-14-3-12-20(15(2)13-14)24-28(26,27)19-10-8-18(9-11-19)23-21(25)16-4-6-17(22)7-5-16/h3-13,24H,1-2H3,(H,23,25). The van der Waals surface area contributed by atoms with Crippen LogP contribution in [-0.2, 0) is 10.0 Å². The number of benzene rings is 3. The number of nitrogens with one attached hydrogen (secondary N) is 2. The summed E-state index contributed by atoms with van der Waals surface area (Å²) in [5.41, 5.74) is 3.11. The number of aryl methyl sites for hydroxylation is 2. The van der Waals surface area contributed by atoms with Crippen molar-refractivity contribution >= 4 is 27.3 Å². The van der Waals surface area contributed by atoms with E-state index in [-0.39, 0.29) is 4.90 Å². The summed E-state index contributed by atoms with van der Waals surface area (Å²) in [5, 5.41) is 2.64. The highest BCUT2D eigenvalue weighted by Gasteiger charge is 2.15. The Morgan fingerprint density at radius 3 is 2.14 bits per heavy atom. The van der Waals surface area contributed by atoms with Crippen LogP contribution in [0.2, 0.25) is 0 Å². The zero-order valence-corrected chi connectivity index (χ0v) is 16.2. The first-order valence-electron chi connectivity index (χ1n) is 8.52. The minimum absolute atomic E-state index is 0.0762. The molecule has 0 aliphatic carbocycles. The average molecular weight is 398 g/mol. The molecular formula is C21H19FN2O3S. The first kappa shape index (κ1) is 19.6. The van der Waals surface area contributed by atoms with Crippen LogP contribution in [0.25, 0.3) is 0 Å². The fourth-order valence-corrected chi connectivity index (χ4v) is 3.78. The van der Waals surface area contributed by atoms with Crippen molar-refractivity contribution in [3.63, 3.8) is 0 Å². The SMILES string of the molecule is Cc1ccc(NS(=O)(=O)c2ccc(NC(=O)c3ccc(F)cc3)cc2)c(C)c1. The zero-order valence-electron chi connectivity index (χ0n) is 15.4. The summed E-state index contributed by atoms with van der Waals surface area (Å²) in [6, 6.07) is 16.4. The molecule has 2 N–H and O–H groups in total. The quantitative estimate of drug-likeness (QED) is 0.665. The minimum atomic E-state index is -3.76. The van der Waals surface area contributed by atoms with Gasteiger partial charge in [0.2, 0.25) is 0 Å². The van der Waals surface area contributed by atoms with Crippen LogP contribution in [0.5, 0.6) is 0 Å². The second kappa shape index (κ2) is 7.82. The number of anilines is 2. The lowest BCUT2D eigenvalue weighted by molar-refractivity contribution is 0.102. The van der Waals surface area contributed by atoms with Gasteiger partial charge in [-0.2, -0.15) is 0 Å². The number of hydrogen-bond acceptors (Lipinski definition) is 3. The topological polar surface area (TPSA) is 75.3 Å². The Kier molecular flexibility index (Phi) is 5.46. The molecule has 0 saturated heterocycles. The second-order valence-corrected chi connectivity index (χ2v) is 8.09. The molecule has 1 amide bonds. The molecule has 0 aromatic heterocycles. The Bertz CT molecular complexity index is 1110. The summed E-state index contributed by atoms with van der Waals surface area (Å²) < 4.78 is 40.7. The third-order valence-electron chi connectivity index (χ3n) is 4.16. The van der Waals surface area contributed by atoms with Gasteiger partial charge in [0, 0.05) is 11.3 Å². The summed E-state index contributed by atoms with van der Waals surface area (Å²) in [6.07, 6.45) is 0. The number of amides is 1. The van der Waals surface area contributed by atoms with Crippen LogP contribution in [0.3, 0.4) is 0 Å². The smallest absolute Gasteiger partial charge is 0.261 e. The maximum atomic E-state index is 12.9. The van der Waals surface area contributed by atoms with Crippen LogP contribution < -0.4 is 10.0 Å². The molecule has 0 aliphatic heterocycles. The third-order valence-corrected chi connectivity index (χ3v) is 5.54. The highest BCUT2D eigenvalue weighted by atomic mass is 32.2. The molecule has 28 heavy (non-hydrogen) atoms. The van der Waals surface area contributed by atoms with Gasteiger partial charge in [-0.3, -0.25) is 9.52 Å². The predicted molar refractivity (Wildman–Crippen MR) is 108 cm³/mol. The number of hydrogen-bond donors (Lipinski definition) is 2. The van der Waals surface area contributed by atoms with Crippen molar-refractivity contribution in [1.29, 1.82) is 0 Å². The summed E-state index contributed by atoms with van der Waals surface area (Å²) >= 11 is 0. The first-order chi connectivity index (χ1) is 13.2. The predicted octanol–water partition coefficient (Wildman–Crippen LogP) is 4.50. The van der Waals surface area contributed by atoms with E-state index < -0.39 is 21.7 Å². The van der Waals surface area contributed by atoms with Gasteiger partial charge in [0.25, 0.3) is 15.9 Å². The second-order valence-electron chi connectivity index (χ2n) is 6.41. The van der Waals surface area contributed by atoms with Crippen molar-refractivity contribution in [2.45, 2.75) is 18.7 Å². The fourth-order valence-electron chi connectivity index (χ4n) is 2.65. The fraction of sp³-hybridized carbons (Fsp3) is 0.0952. The molecule has 3 aromatic rings. The Morgan fingerprint density at radius 1 is 0.893 bits per heavy atom. The molecule has 0 unspecified atom stereocenters. The van der Waals surface area contributed by atoms with Crippen LogP contribution in [0, 0.1) is 19.7 Å². The van der Waals surface area contributed by atoms with Crippen molar-refractivity contribution in [2.75, 3.05) is 10.0 Å². The van der Waals surface area contributed by atoms with E-state index in [2.05, 4.69) is 10.0 Å². The van der Waals surface area contributed by atoms with Crippen molar-refractivity contribution in [2.24, 2.45) is 0 Å². The molecule has 0 aliphatic rings. The van der Waals surface area contributed by atoms with Crippen molar-refractivity contribution in [3.8, 4) is 0 Å². The third kappa shape index (κ3) is 4.55. The maximum absolute atomic E-state index is 12.9. The van der Waals surface area contributed by atoms with Gasteiger partial charge in [-0.1, -0.05) is 17.7 Å². The lowest BCUT2D eigenvalue weighted by atomic mass is 10.1. The molecular weight excluding hydrogens is 379 g/mol. The maximum Gasteiger partial charge on any atom is 0.261 e. The molecule has 0 fully saturated rings. The number of sulfonamides is 1. The Hall–Kier alpha value is -3.19. The number of halogens is 1. The number of carbonyl (C=O) groups is 1. The van der Waals surface area contributed by atoms with E-state index in [1.165, 1.54) is 48.5 Å². The highest BCUT2D eigenvalue weighted by molar-refractivity contribution is 7.92. The van der Waals surface area contributed by atoms with Crippen LogP contribution in [0.15, 0.2) is 71.6 Å². The lowest BCUT2D eigenvalue weighted by Crippen LogP contribution is -2.14. The van der Waals surface area contributed by atoms with E-state index in [4.69, 9.17) is 0 Å². The van der Waals surface area contributed by atoms with E-state index in [0.29, 0.717) is 16.9 Å². The van der Waals surface area contributed by atoms with Crippen LogP contribution in [0.4, 0.5) is 15.8 Å².